The van der Waals surface area contributed by atoms with Crippen LogP contribution in [0.5, 0.6) is 0 Å². The second-order valence-corrected chi connectivity index (χ2v) is 17.5. The fraction of sp³-hybridized carbons (Fsp3) is 0.532. The predicted molar refractivity (Wildman–Crippen MR) is 257 cm³/mol. The van der Waals surface area contributed by atoms with Gasteiger partial charge in [-0.1, -0.05) is 60.7 Å². The van der Waals surface area contributed by atoms with E-state index >= 15 is 0 Å². The van der Waals surface area contributed by atoms with Crippen LogP contribution in [0.1, 0.15) is 82.3 Å². The summed E-state index contributed by atoms with van der Waals surface area (Å²) in [5, 5.41) is 38.8. The molecule has 8 amide bonds. The van der Waals surface area contributed by atoms with E-state index in [0.717, 1.165) is 6.42 Å². The van der Waals surface area contributed by atoms with Crippen molar-refractivity contribution >= 4 is 59.2 Å². The monoisotopic (exact) mass is 976 g/mol. The van der Waals surface area contributed by atoms with Crippen molar-refractivity contribution in [2.24, 2.45) is 17.2 Å². The average molecular weight is 976 g/mol. The van der Waals surface area contributed by atoms with Gasteiger partial charge in [0.05, 0.1) is 12.5 Å². The van der Waals surface area contributed by atoms with Crippen molar-refractivity contribution in [2.75, 3.05) is 26.2 Å². The molecule has 0 aromatic heterocycles. The van der Waals surface area contributed by atoms with Gasteiger partial charge >= 0.3 is 5.97 Å². The Kier molecular flexibility index (Phi) is 22.5. The molecule has 0 spiro atoms. The molecule has 70 heavy (non-hydrogen) atoms. The quantitative estimate of drug-likeness (QED) is 0.0238. The number of benzene rings is 2. The number of nitrogens with one attached hydrogen (secondary N) is 9. The van der Waals surface area contributed by atoms with Crippen LogP contribution in [0.3, 0.4) is 0 Å². The third-order valence-corrected chi connectivity index (χ3v) is 12.0. The number of guanidine groups is 1. The largest absolute Gasteiger partial charge is 0.480 e. The lowest BCUT2D eigenvalue weighted by Crippen LogP contribution is -2.60. The van der Waals surface area contributed by atoms with Gasteiger partial charge in [-0.25, -0.2) is 4.79 Å². The average Bonchev–Trinajstić information content (AvgIpc) is 4.06. The van der Waals surface area contributed by atoms with Crippen molar-refractivity contribution in [3.8, 4) is 0 Å². The molecule has 0 unspecified atom stereocenters. The van der Waals surface area contributed by atoms with Crippen molar-refractivity contribution in [1.29, 1.82) is 5.41 Å². The molecule has 23 nitrogen and oxygen atoms in total. The van der Waals surface area contributed by atoms with Gasteiger partial charge in [0.1, 0.15) is 42.3 Å². The number of carbonyl (C=O) groups excluding carboxylic acids is 8. The van der Waals surface area contributed by atoms with Gasteiger partial charge in [-0.3, -0.25) is 43.8 Å². The number of likely N-dealkylation sites (tertiary alicyclic amines) is 1. The van der Waals surface area contributed by atoms with Gasteiger partial charge in [-0.2, -0.15) is 0 Å². The van der Waals surface area contributed by atoms with E-state index in [9.17, 15) is 48.3 Å². The lowest BCUT2D eigenvalue weighted by Gasteiger charge is -2.29. The molecule has 2 saturated heterocycles. The van der Waals surface area contributed by atoms with Crippen LogP contribution in [0.2, 0.25) is 0 Å². The van der Waals surface area contributed by atoms with Gasteiger partial charge in [0.25, 0.3) is 0 Å². The molecule has 23 heteroatoms. The minimum atomic E-state index is -1.66. The van der Waals surface area contributed by atoms with Gasteiger partial charge in [-0.15, -0.1) is 0 Å². The highest BCUT2D eigenvalue weighted by Crippen LogP contribution is 2.20. The van der Waals surface area contributed by atoms with Gasteiger partial charge in [-0.05, 0) is 88.9 Å². The number of nitrogens with two attached hydrogens (primary N) is 3. The van der Waals surface area contributed by atoms with E-state index in [0.29, 0.717) is 56.3 Å². The number of primary amides is 1. The summed E-state index contributed by atoms with van der Waals surface area (Å²) in [5.74, 6) is -7.60. The Labute approximate surface area is 406 Å². The van der Waals surface area contributed by atoms with E-state index in [-0.39, 0.29) is 51.2 Å². The Morgan fingerprint density at radius 2 is 1.23 bits per heavy atom. The van der Waals surface area contributed by atoms with Crippen LogP contribution in [-0.2, 0) is 56.0 Å². The number of hydrogen-bond donors (Lipinski definition) is 13. The fourth-order valence-electron chi connectivity index (χ4n) is 8.24. The van der Waals surface area contributed by atoms with Crippen LogP contribution >= 0.6 is 0 Å². The van der Waals surface area contributed by atoms with Crippen molar-refractivity contribution in [3.63, 3.8) is 0 Å². The summed E-state index contributed by atoms with van der Waals surface area (Å²) in [4.78, 5) is 122. The second kappa shape index (κ2) is 28.4. The summed E-state index contributed by atoms with van der Waals surface area (Å²) < 4.78 is 0. The number of carbonyl (C=O) groups is 9. The Bertz CT molecular complexity index is 2130. The summed E-state index contributed by atoms with van der Waals surface area (Å²) in [6.45, 7) is 2.69. The topological polar surface area (TPSA) is 375 Å². The maximum absolute atomic E-state index is 14.4. The van der Waals surface area contributed by atoms with Gasteiger partial charge in [0.15, 0.2) is 5.96 Å². The Morgan fingerprint density at radius 1 is 0.686 bits per heavy atom. The first-order chi connectivity index (χ1) is 33.5. The van der Waals surface area contributed by atoms with Gasteiger partial charge in [0, 0.05) is 25.9 Å². The molecule has 0 radical (unpaired) electrons. The molecule has 8 atom stereocenters. The number of hydrogen-bond acceptors (Lipinski definition) is 12. The van der Waals surface area contributed by atoms with Crippen molar-refractivity contribution in [2.45, 2.75) is 132 Å². The maximum Gasteiger partial charge on any atom is 0.326 e. The number of unbranched alkanes of at least 4 members (excludes halogenated alkanes) is 1. The standard InChI is InChI=1S/C47H69N13O10/c1-28(39(62)56-33(17-8-9-21-48)45(68)60-24-12-20-37(60)46(69)70)54-42(65)36(27-38(49)61)59-44(67)35(26-30-15-6-3-7-16-30)58-43(66)34(25-29-13-4-2-5-14-29)57-41(64)32(19-11-23-53-47(50)51)55-40(63)31-18-10-22-52-31/h2-7,13-16,28,31-37,52H,8-12,17-27,48H2,1H3,(H2,49,61)(H,54,65)(H,55,63)(H,56,62)(H,57,64)(H,58,66)(H,59,67)(H,69,70)(H4,50,51,53)/t28-,31-,32-,33-,34-,35-,36-,37+/m0/s1. The second-order valence-electron chi connectivity index (χ2n) is 17.5. The SMILES string of the molecule is C[C@H](NC(=O)[C@H](CC(N)=O)NC(=O)[C@H](Cc1ccccc1)NC(=O)[C@H](Cc1ccccc1)NC(=O)[C@H](CCCNC(=N)N)NC(=O)[C@@H]1CCCN1)C(=O)N[C@@H](CCCCN)C(=O)N1CCC[C@@H]1C(=O)O. The smallest absolute Gasteiger partial charge is 0.326 e. The van der Waals surface area contributed by atoms with Crippen molar-refractivity contribution in [1.82, 2.24) is 47.4 Å². The zero-order valence-electron chi connectivity index (χ0n) is 39.5. The molecular formula is C47H69N13O10. The van der Waals surface area contributed by atoms with E-state index in [1.54, 1.807) is 60.7 Å². The normalized spacial score (nSPS) is 17.8. The van der Waals surface area contributed by atoms with E-state index in [1.807, 2.05) is 0 Å². The summed E-state index contributed by atoms with van der Waals surface area (Å²) >= 11 is 0. The predicted octanol–water partition coefficient (Wildman–Crippen LogP) is -2.50. The molecule has 2 aromatic carbocycles. The number of rotatable bonds is 28. The first-order valence-electron chi connectivity index (χ1n) is 23.7. The lowest BCUT2D eigenvalue weighted by atomic mass is 10.0. The number of aliphatic carboxylic acids is 1. The van der Waals surface area contributed by atoms with E-state index in [2.05, 4.69) is 42.5 Å². The Balaban J connectivity index is 1.55. The highest BCUT2D eigenvalue weighted by Gasteiger charge is 2.39. The number of carboxylic acid groups (broad SMARTS) is 1. The molecule has 2 heterocycles. The molecule has 2 aliphatic heterocycles. The summed E-state index contributed by atoms with van der Waals surface area (Å²) in [6, 6.07) is 7.83. The van der Waals surface area contributed by atoms with E-state index in [1.165, 1.54) is 11.8 Å². The molecule has 4 rings (SSSR count). The Morgan fingerprint density at radius 3 is 1.76 bits per heavy atom. The zero-order chi connectivity index (χ0) is 51.2. The molecule has 2 aromatic rings. The first-order valence-corrected chi connectivity index (χ1v) is 23.7. The van der Waals surface area contributed by atoms with Crippen molar-refractivity contribution in [3.05, 3.63) is 71.8 Å². The molecule has 2 fully saturated rings. The molecule has 0 bridgehead atoms. The molecular weight excluding hydrogens is 907 g/mol. The van der Waals surface area contributed by atoms with Crippen molar-refractivity contribution < 1.29 is 48.3 Å². The molecule has 16 N–H and O–H groups in total. The third kappa shape index (κ3) is 18.1. The highest BCUT2D eigenvalue weighted by atomic mass is 16.4. The number of carboxylic acids is 1. The fourth-order valence-corrected chi connectivity index (χ4v) is 8.24. The Hall–Kier alpha value is -7.14. The highest BCUT2D eigenvalue weighted by molar-refractivity contribution is 5.99. The summed E-state index contributed by atoms with van der Waals surface area (Å²) in [6.07, 6.45) is 2.72. The summed E-state index contributed by atoms with van der Waals surface area (Å²) in [5.41, 5.74) is 17.9. The van der Waals surface area contributed by atoms with Gasteiger partial charge in [0.2, 0.25) is 47.3 Å². The first kappa shape index (κ1) is 55.5. The molecule has 2 aliphatic rings. The van der Waals surface area contributed by atoms with Crippen LogP contribution in [-0.4, -0.2) is 144 Å². The van der Waals surface area contributed by atoms with Crippen LogP contribution < -0.4 is 59.7 Å². The summed E-state index contributed by atoms with van der Waals surface area (Å²) in [7, 11) is 0. The maximum atomic E-state index is 14.4. The molecule has 0 saturated carbocycles. The van der Waals surface area contributed by atoms with Crippen LogP contribution in [0.4, 0.5) is 0 Å². The van der Waals surface area contributed by atoms with E-state index < -0.39 is 108 Å². The van der Waals surface area contributed by atoms with Gasteiger partial charge < -0.3 is 69.7 Å². The number of amides is 8. The van der Waals surface area contributed by atoms with Crippen LogP contribution in [0.15, 0.2) is 60.7 Å². The lowest BCUT2D eigenvalue weighted by molar-refractivity contribution is -0.149. The molecule has 0 aliphatic carbocycles. The minimum absolute atomic E-state index is 0.0425. The van der Waals surface area contributed by atoms with Crippen LogP contribution in [0.25, 0.3) is 0 Å². The third-order valence-electron chi connectivity index (χ3n) is 12.0. The minimum Gasteiger partial charge on any atom is -0.480 e. The van der Waals surface area contributed by atoms with Crippen LogP contribution in [0, 0.1) is 5.41 Å². The number of nitrogens with zero attached hydrogens (tertiary/aromatic N) is 1. The van der Waals surface area contributed by atoms with E-state index in [4.69, 9.17) is 22.6 Å². The zero-order valence-corrected chi connectivity index (χ0v) is 39.5. The molecule has 382 valence electrons.